The highest BCUT2D eigenvalue weighted by atomic mass is 16.5. The summed E-state index contributed by atoms with van der Waals surface area (Å²) in [4.78, 5) is 16.1. The maximum Gasteiger partial charge on any atom is 0.189 e. The van der Waals surface area contributed by atoms with Gasteiger partial charge in [0.2, 0.25) is 0 Å². The van der Waals surface area contributed by atoms with Crippen molar-refractivity contribution in [2.75, 3.05) is 20.8 Å². The lowest BCUT2D eigenvalue weighted by Crippen LogP contribution is -2.08. The molecule has 0 atom stereocenters. The fraction of sp³-hybridized carbons (Fsp3) is 0.231. The average molecular weight is 231 g/mol. The monoisotopic (exact) mass is 231 g/mol. The van der Waals surface area contributed by atoms with E-state index in [0.29, 0.717) is 16.8 Å². The fourth-order valence-corrected chi connectivity index (χ4v) is 1.76. The molecule has 2 rings (SSSR count). The Morgan fingerprint density at radius 1 is 1.29 bits per heavy atom. The Hall–Kier alpha value is -1.94. The van der Waals surface area contributed by atoms with Crippen LogP contribution in [0.5, 0.6) is 5.75 Å². The van der Waals surface area contributed by atoms with Crippen molar-refractivity contribution in [3.05, 3.63) is 36.0 Å². The van der Waals surface area contributed by atoms with Crippen LogP contribution in [0.2, 0.25) is 0 Å². The molecule has 0 N–H and O–H groups in total. The molecule has 17 heavy (non-hydrogen) atoms. The second kappa shape index (κ2) is 4.93. The van der Waals surface area contributed by atoms with Crippen LogP contribution in [-0.2, 0) is 4.74 Å². The average Bonchev–Trinajstić information content (AvgIpc) is 2.37. The van der Waals surface area contributed by atoms with E-state index in [1.165, 1.54) is 7.11 Å². The topological polar surface area (TPSA) is 48.4 Å². The lowest BCUT2D eigenvalue weighted by molar-refractivity contribution is 0.0849. The van der Waals surface area contributed by atoms with Crippen LogP contribution in [-0.4, -0.2) is 31.6 Å². The molecule has 0 saturated heterocycles. The van der Waals surface area contributed by atoms with E-state index in [4.69, 9.17) is 9.47 Å². The molecule has 0 aliphatic carbocycles. The third-order valence-electron chi connectivity index (χ3n) is 2.53. The highest BCUT2D eigenvalue weighted by molar-refractivity contribution is 6.09. The number of ketones is 1. The van der Waals surface area contributed by atoms with Gasteiger partial charge in [0.05, 0.1) is 7.11 Å². The van der Waals surface area contributed by atoms with Crippen molar-refractivity contribution >= 4 is 16.7 Å². The van der Waals surface area contributed by atoms with Crippen LogP contribution in [0.25, 0.3) is 10.9 Å². The largest absolute Gasteiger partial charge is 0.494 e. The molecule has 0 bridgehead atoms. The zero-order valence-corrected chi connectivity index (χ0v) is 9.77. The first-order valence-electron chi connectivity index (χ1n) is 5.21. The molecule has 0 unspecified atom stereocenters. The molecule has 0 saturated carbocycles. The third kappa shape index (κ3) is 2.12. The van der Waals surface area contributed by atoms with Gasteiger partial charge in [-0.1, -0.05) is 6.07 Å². The molecule has 88 valence electrons. The number of methoxy groups -OCH3 is 2. The quantitative estimate of drug-likeness (QED) is 0.756. The van der Waals surface area contributed by atoms with Gasteiger partial charge in [-0.15, -0.1) is 0 Å². The maximum absolute atomic E-state index is 11.9. The van der Waals surface area contributed by atoms with Crippen LogP contribution in [0.15, 0.2) is 30.5 Å². The Kier molecular flexibility index (Phi) is 3.35. The normalized spacial score (nSPS) is 10.5. The van der Waals surface area contributed by atoms with Gasteiger partial charge in [-0.25, -0.2) is 0 Å². The molecule has 4 heteroatoms. The van der Waals surface area contributed by atoms with Gasteiger partial charge in [0.15, 0.2) is 5.78 Å². The van der Waals surface area contributed by atoms with E-state index in [1.807, 2.05) is 6.07 Å². The highest BCUT2D eigenvalue weighted by Crippen LogP contribution is 2.26. The van der Waals surface area contributed by atoms with Gasteiger partial charge in [-0.05, 0) is 18.2 Å². The molecule has 0 amide bonds. The lowest BCUT2D eigenvalue weighted by atomic mass is 10.0. The van der Waals surface area contributed by atoms with Gasteiger partial charge >= 0.3 is 0 Å². The van der Waals surface area contributed by atoms with E-state index in [2.05, 4.69) is 4.98 Å². The Balaban J connectivity index is 2.62. The zero-order valence-electron chi connectivity index (χ0n) is 9.77. The summed E-state index contributed by atoms with van der Waals surface area (Å²) in [6.07, 6.45) is 1.68. The highest BCUT2D eigenvalue weighted by Gasteiger charge is 2.12. The minimum atomic E-state index is -0.0619. The number of carbonyl (C=O) groups excluding carboxylic acids is 1. The SMILES string of the molecule is COCC(=O)c1ccc(OC)c2ncccc12. The van der Waals surface area contributed by atoms with Crippen LogP contribution >= 0.6 is 0 Å². The summed E-state index contributed by atoms with van der Waals surface area (Å²) in [5.41, 5.74) is 1.30. The Morgan fingerprint density at radius 3 is 2.82 bits per heavy atom. The summed E-state index contributed by atoms with van der Waals surface area (Å²) in [7, 11) is 3.09. The molecule has 1 aromatic carbocycles. The molecule has 2 aromatic rings. The minimum absolute atomic E-state index is 0.0619. The summed E-state index contributed by atoms with van der Waals surface area (Å²) in [5, 5.41) is 0.786. The number of pyridine rings is 1. The predicted molar refractivity (Wildman–Crippen MR) is 64.5 cm³/mol. The van der Waals surface area contributed by atoms with Crippen molar-refractivity contribution < 1.29 is 14.3 Å². The summed E-state index contributed by atoms with van der Waals surface area (Å²) < 4.78 is 10.1. The summed E-state index contributed by atoms with van der Waals surface area (Å²) in [5.74, 6) is 0.600. The molecular formula is C13H13NO3. The van der Waals surface area contributed by atoms with Gasteiger partial charge in [0.25, 0.3) is 0 Å². The van der Waals surface area contributed by atoms with Crippen molar-refractivity contribution in [2.24, 2.45) is 0 Å². The zero-order chi connectivity index (χ0) is 12.3. The maximum atomic E-state index is 11.9. The summed E-state index contributed by atoms with van der Waals surface area (Å²) in [6.45, 7) is 0.0658. The van der Waals surface area contributed by atoms with Crippen molar-refractivity contribution in [2.45, 2.75) is 0 Å². The van der Waals surface area contributed by atoms with Gasteiger partial charge in [0, 0.05) is 24.3 Å². The number of hydrogen-bond donors (Lipinski definition) is 0. The molecule has 0 aliphatic rings. The lowest BCUT2D eigenvalue weighted by Gasteiger charge is -2.08. The van der Waals surface area contributed by atoms with Gasteiger partial charge in [-0.3, -0.25) is 9.78 Å². The van der Waals surface area contributed by atoms with E-state index in [-0.39, 0.29) is 12.4 Å². The van der Waals surface area contributed by atoms with Crippen LogP contribution in [0, 0.1) is 0 Å². The van der Waals surface area contributed by atoms with Crippen molar-refractivity contribution in [1.82, 2.24) is 4.98 Å². The molecule has 0 aliphatic heterocycles. The number of aromatic nitrogens is 1. The molecule has 0 fully saturated rings. The first-order chi connectivity index (χ1) is 8.27. The fourth-order valence-electron chi connectivity index (χ4n) is 1.76. The number of hydrogen-bond acceptors (Lipinski definition) is 4. The standard InChI is InChI=1S/C13H13NO3/c1-16-8-11(15)9-5-6-12(17-2)13-10(9)4-3-7-14-13/h3-7H,8H2,1-2H3. The van der Waals surface area contributed by atoms with E-state index in [9.17, 15) is 4.79 Å². The van der Waals surface area contributed by atoms with Crippen molar-refractivity contribution in [1.29, 1.82) is 0 Å². The van der Waals surface area contributed by atoms with Crippen LogP contribution in [0.1, 0.15) is 10.4 Å². The van der Waals surface area contributed by atoms with Crippen LogP contribution in [0.3, 0.4) is 0 Å². The van der Waals surface area contributed by atoms with Gasteiger partial charge in [0.1, 0.15) is 17.9 Å². The second-order valence-corrected chi connectivity index (χ2v) is 3.57. The summed E-state index contributed by atoms with van der Waals surface area (Å²) in [6, 6.07) is 7.14. The molecule has 4 nitrogen and oxygen atoms in total. The Morgan fingerprint density at radius 2 is 2.12 bits per heavy atom. The van der Waals surface area contributed by atoms with E-state index in [1.54, 1.807) is 31.5 Å². The minimum Gasteiger partial charge on any atom is -0.494 e. The molecule has 1 aromatic heterocycles. The van der Waals surface area contributed by atoms with E-state index in [0.717, 1.165) is 5.39 Å². The number of fused-ring (bicyclic) bond motifs is 1. The van der Waals surface area contributed by atoms with Crippen molar-refractivity contribution in [3.63, 3.8) is 0 Å². The second-order valence-electron chi connectivity index (χ2n) is 3.57. The van der Waals surface area contributed by atoms with Gasteiger partial charge < -0.3 is 9.47 Å². The molecule has 0 radical (unpaired) electrons. The summed E-state index contributed by atoms with van der Waals surface area (Å²) >= 11 is 0. The van der Waals surface area contributed by atoms with Gasteiger partial charge in [-0.2, -0.15) is 0 Å². The number of nitrogens with zero attached hydrogens (tertiary/aromatic N) is 1. The Bertz CT molecular complexity index is 551. The first-order valence-corrected chi connectivity index (χ1v) is 5.21. The van der Waals surface area contributed by atoms with Crippen LogP contribution in [0.4, 0.5) is 0 Å². The molecular weight excluding hydrogens is 218 g/mol. The number of ether oxygens (including phenoxy) is 2. The number of carbonyl (C=O) groups is 1. The van der Waals surface area contributed by atoms with E-state index >= 15 is 0 Å². The molecule has 1 heterocycles. The molecule has 0 spiro atoms. The number of Topliss-reactive ketones (excluding diaryl/α,β-unsaturated/α-hetero) is 1. The van der Waals surface area contributed by atoms with Crippen molar-refractivity contribution in [3.8, 4) is 5.75 Å². The number of benzene rings is 1. The smallest absolute Gasteiger partial charge is 0.189 e. The number of rotatable bonds is 4. The Labute approximate surface area is 99.2 Å². The van der Waals surface area contributed by atoms with E-state index < -0.39 is 0 Å². The third-order valence-corrected chi connectivity index (χ3v) is 2.53. The van der Waals surface area contributed by atoms with Crippen LogP contribution < -0.4 is 4.74 Å². The first kappa shape index (κ1) is 11.5. The predicted octanol–water partition coefficient (Wildman–Crippen LogP) is 2.07.